The van der Waals surface area contributed by atoms with Gasteiger partial charge in [0, 0.05) is 24.8 Å². The van der Waals surface area contributed by atoms with E-state index in [1.165, 1.54) is 12.1 Å². The first kappa shape index (κ1) is 22.2. The van der Waals surface area contributed by atoms with Gasteiger partial charge in [0.05, 0.1) is 10.6 Å². The first-order valence-corrected chi connectivity index (χ1v) is 10.9. The smallest absolute Gasteiger partial charge is 0.264 e. The predicted octanol–water partition coefficient (Wildman–Crippen LogP) is 3.39. The van der Waals surface area contributed by atoms with Gasteiger partial charge in [0.2, 0.25) is 5.91 Å². The maximum Gasteiger partial charge on any atom is 0.264 e. The Balaban J connectivity index is 2.27. The number of anilines is 1. The number of carbonyl (C=O) groups excluding carboxylic acids is 1. The van der Waals surface area contributed by atoms with Gasteiger partial charge in [-0.05, 0) is 50.1 Å². The largest absolute Gasteiger partial charge is 0.382 e. The number of ether oxygens (including phenoxy) is 1. The molecule has 28 heavy (non-hydrogen) atoms. The van der Waals surface area contributed by atoms with Crippen LogP contribution in [-0.2, 0) is 19.6 Å². The molecule has 0 aliphatic rings. The van der Waals surface area contributed by atoms with Crippen LogP contribution >= 0.6 is 11.6 Å². The molecule has 1 amide bonds. The first-order valence-electron chi connectivity index (χ1n) is 9.05. The summed E-state index contributed by atoms with van der Waals surface area (Å²) < 4.78 is 32.8. The van der Waals surface area contributed by atoms with Crippen molar-refractivity contribution >= 4 is 33.2 Å². The van der Waals surface area contributed by atoms with E-state index in [-0.39, 0.29) is 11.4 Å². The van der Waals surface area contributed by atoms with Crippen molar-refractivity contribution in [2.45, 2.75) is 25.2 Å². The summed E-state index contributed by atoms with van der Waals surface area (Å²) in [5.41, 5.74) is 0.966. The Morgan fingerprint density at radius 1 is 1.14 bits per heavy atom. The minimum Gasteiger partial charge on any atom is -0.382 e. The van der Waals surface area contributed by atoms with E-state index in [9.17, 15) is 13.2 Å². The van der Waals surface area contributed by atoms with Crippen LogP contribution < -0.4 is 9.62 Å². The van der Waals surface area contributed by atoms with E-state index in [0.29, 0.717) is 42.5 Å². The summed E-state index contributed by atoms with van der Waals surface area (Å²) in [4.78, 5) is 12.6. The van der Waals surface area contributed by atoms with Gasteiger partial charge in [-0.2, -0.15) is 0 Å². The summed E-state index contributed by atoms with van der Waals surface area (Å²) in [6.07, 6.45) is 0.654. The molecule has 0 aliphatic heterocycles. The lowest BCUT2D eigenvalue weighted by molar-refractivity contribution is -0.119. The zero-order chi connectivity index (χ0) is 20.6. The average Bonchev–Trinajstić information content (AvgIpc) is 2.69. The van der Waals surface area contributed by atoms with Gasteiger partial charge in [-0.25, -0.2) is 8.42 Å². The molecule has 0 aromatic heterocycles. The molecule has 1 N–H and O–H groups in total. The van der Waals surface area contributed by atoms with Gasteiger partial charge in [0.1, 0.15) is 6.54 Å². The number of nitrogens with zero attached hydrogens (tertiary/aromatic N) is 1. The Morgan fingerprint density at radius 2 is 1.86 bits per heavy atom. The number of nitrogens with one attached hydrogen (secondary N) is 1. The van der Waals surface area contributed by atoms with Gasteiger partial charge in [0.15, 0.2) is 0 Å². The molecule has 0 fully saturated rings. The molecule has 0 unspecified atom stereocenters. The zero-order valence-corrected chi connectivity index (χ0v) is 17.6. The lowest BCUT2D eigenvalue weighted by Gasteiger charge is -2.26. The van der Waals surface area contributed by atoms with Gasteiger partial charge in [-0.1, -0.05) is 35.9 Å². The summed E-state index contributed by atoms with van der Waals surface area (Å²) in [7, 11) is -3.94. The third kappa shape index (κ3) is 5.70. The Hall–Kier alpha value is -2.09. The fourth-order valence-electron chi connectivity index (χ4n) is 2.62. The highest BCUT2D eigenvalue weighted by Gasteiger charge is 2.28. The second kappa shape index (κ2) is 10.5. The van der Waals surface area contributed by atoms with Gasteiger partial charge in [0.25, 0.3) is 10.0 Å². The van der Waals surface area contributed by atoms with Crippen molar-refractivity contribution in [3.05, 3.63) is 59.1 Å². The summed E-state index contributed by atoms with van der Waals surface area (Å²) in [6.45, 7) is 4.85. The van der Waals surface area contributed by atoms with Crippen molar-refractivity contribution in [3.8, 4) is 0 Å². The summed E-state index contributed by atoms with van der Waals surface area (Å²) in [6, 6.07) is 13.0. The SMILES string of the molecule is CCOCCCNC(=O)CN(c1cccc(Cl)c1C)S(=O)(=O)c1ccccc1. The maximum atomic E-state index is 13.2. The Bertz CT molecular complexity index is 888. The number of amides is 1. The Morgan fingerprint density at radius 3 is 2.54 bits per heavy atom. The highest BCUT2D eigenvalue weighted by atomic mass is 35.5. The van der Waals surface area contributed by atoms with Crippen LogP contribution in [0.15, 0.2) is 53.4 Å². The van der Waals surface area contributed by atoms with Gasteiger partial charge < -0.3 is 10.1 Å². The second-order valence-electron chi connectivity index (χ2n) is 6.11. The highest BCUT2D eigenvalue weighted by Crippen LogP contribution is 2.30. The topological polar surface area (TPSA) is 75.7 Å². The third-order valence-electron chi connectivity index (χ3n) is 4.12. The molecule has 0 spiro atoms. The molecule has 8 heteroatoms. The van der Waals surface area contributed by atoms with E-state index in [1.807, 2.05) is 6.92 Å². The van der Waals surface area contributed by atoms with Crippen molar-refractivity contribution in [1.82, 2.24) is 5.32 Å². The molecule has 0 atom stereocenters. The number of carbonyl (C=O) groups is 1. The normalized spacial score (nSPS) is 11.2. The van der Waals surface area contributed by atoms with Crippen LogP contribution in [0, 0.1) is 6.92 Å². The molecule has 2 aromatic rings. The van der Waals surface area contributed by atoms with Gasteiger partial charge >= 0.3 is 0 Å². The van der Waals surface area contributed by atoms with Crippen LogP contribution in [0.2, 0.25) is 5.02 Å². The van der Waals surface area contributed by atoms with Crippen molar-refractivity contribution in [2.24, 2.45) is 0 Å². The standard InChI is InChI=1S/C20H25ClN2O4S/c1-3-27-14-8-13-22-20(24)15-23(19-12-7-11-18(21)16(19)2)28(25,26)17-9-5-4-6-10-17/h4-7,9-12H,3,8,13-15H2,1-2H3,(H,22,24). The number of hydrogen-bond acceptors (Lipinski definition) is 4. The summed E-state index contributed by atoms with van der Waals surface area (Å²) >= 11 is 6.19. The zero-order valence-electron chi connectivity index (χ0n) is 16.0. The molecule has 2 aromatic carbocycles. The van der Waals surface area contributed by atoms with E-state index in [1.54, 1.807) is 43.3 Å². The molecule has 0 radical (unpaired) electrons. The van der Waals surface area contributed by atoms with E-state index >= 15 is 0 Å². The van der Waals surface area contributed by atoms with Crippen LogP contribution in [-0.4, -0.2) is 40.6 Å². The third-order valence-corrected chi connectivity index (χ3v) is 6.30. The van der Waals surface area contributed by atoms with Crippen LogP contribution in [0.3, 0.4) is 0 Å². The lowest BCUT2D eigenvalue weighted by Crippen LogP contribution is -2.41. The molecule has 0 bridgehead atoms. The molecule has 6 nitrogen and oxygen atoms in total. The average molecular weight is 425 g/mol. The second-order valence-corrected chi connectivity index (χ2v) is 8.38. The van der Waals surface area contributed by atoms with E-state index < -0.39 is 15.9 Å². The van der Waals surface area contributed by atoms with Crippen LogP contribution in [0.4, 0.5) is 5.69 Å². The van der Waals surface area contributed by atoms with Crippen LogP contribution in [0.25, 0.3) is 0 Å². The predicted molar refractivity (Wildman–Crippen MR) is 111 cm³/mol. The molecule has 0 saturated heterocycles. The lowest BCUT2D eigenvalue weighted by atomic mass is 10.2. The van der Waals surface area contributed by atoms with Crippen LogP contribution in [0.1, 0.15) is 18.9 Å². The summed E-state index contributed by atoms with van der Waals surface area (Å²) in [5, 5.41) is 3.17. The number of sulfonamides is 1. The number of rotatable bonds is 10. The molecule has 0 saturated carbocycles. The van der Waals surface area contributed by atoms with Crippen LogP contribution in [0.5, 0.6) is 0 Å². The Kier molecular flexibility index (Phi) is 8.29. The quantitative estimate of drug-likeness (QED) is 0.593. The molecule has 152 valence electrons. The molecular formula is C20H25ClN2O4S. The van der Waals surface area contributed by atoms with Crippen molar-refractivity contribution in [1.29, 1.82) is 0 Å². The number of hydrogen-bond donors (Lipinski definition) is 1. The van der Waals surface area contributed by atoms with Gasteiger partial charge in [-0.15, -0.1) is 0 Å². The van der Waals surface area contributed by atoms with Crippen molar-refractivity contribution in [3.63, 3.8) is 0 Å². The monoisotopic (exact) mass is 424 g/mol. The minimum atomic E-state index is -3.94. The highest BCUT2D eigenvalue weighted by molar-refractivity contribution is 7.92. The number of halogens is 1. The molecular weight excluding hydrogens is 400 g/mol. The molecule has 0 aliphatic carbocycles. The summed E-state index contributed by atoms with van der Waals surface area (Å²) in [5.74, 6) is -0.393. The van der Waals surface area contributed by atoms with E-state index in [4.69, 9.17) is 16.3 Å². The van der Waals surface area contributed by atoms with E-state index in [0.717, 1.165) is 4.31 Å². The molecule has 2 rings (SSSR count). The van der Waals surface area contributed by atoms with Gasteiger partial charge in [-0.3, -0.25) is 9.10 Å². The fraction of sp³-hybridized carbons (Fsp3) is 0.350. The van der Waals surface area contributed by atoms with Crippen molar-refractivity contribution in [2.75, 3.05) is 30.6 Å². The Labute approximate surface area is 171 Å². The minimum absolute atomic E-state index is 0.110. The fourth-order valence-corrected chi connectivity index (χ4v) is 4.29. The first-order chi connectivity index (χ1) is 13.4. The molecule has 0 heterocycles. The van der Waals surface area contributed by atoms with E-state index in [2.05, 4.69) is 5.32 Å². The number of benzene rings is 2. The maximum absolute atomic E-state index is 13.2. The van der Waals surface area contributed by atoms with Crippen molar-refractivity contribution < 1.29 is 17.9 Å².